The lowest BCUT2D eigenvalue weighted by atomic mass is 10.0. The SMILES string of the molecule is O=c1ccc2cc(-c3ccc4c(c3)OCO4)ccc2[nH]1. The van der Waals surface area contributed by atoms with Gasteiger partial charge in [-0.3, -0.25) is 4.79 Å². The van der Waals surface area contributed by atoms with Gasteiger partial charge in [-0.2, -0.15) is 0 Å². The smallest absolute Gasteiger partial charge is 0.248 e. The van der Waals surface area contributed by atoms with Gasteiger partial charge in [-0.05, 0) is 46.8 Å². The van der Waals surface area contributed by atoms with Gasteiger partial charge in [0.1, 0.15) is 0 Å². The molecule has 0 saturated heterocycles. The van der Waals surface area contributed by atoms with Crippen LogP contribution in [0.5, 0.6) is 11.5 Å². The Morgan fingerprint density at radius 2 is 1.65 bits per heavy atom. The molecule has 0 amide bonds. The molecule has 4 nitrogen and oxygen atoms in total. The van der Waals surface area contributed by atoms with E-state index in [0.29, 0.717) is 0 Å². The predicted molar refractivity (Wildman–Crippen MR) is 76.1 cm³/mol. The van der Waals surface area contributed by atoms with Crippen LogP contribution in [-0.2, 0) is 0 Å². The maximum atomic E-state index is 11.3. The van der Waals surface area contributed by atoms with Crippen LogP contribution >= 0.6 is 0 Å². The molecule has 20 heavy (non-hydrogen) atoms. The highest BCUT2D eigenvalue weighted by Gasteiger charge is 2.13. The number of rotatable bonds is 1. The first-order chi connectivity index (χ1) is 9.79. The van der Waals surface area contributed by atoms with Gasteiger partial charge in [0.15, 0.2) is 11.5 Å². The topological polar surface area (TPSA) is 51.3 Å². The van der Waals surface area contributed by atoms with Crippen LogP contribution < -0.4 is 15.0 Å². The Balaban J connectivity index is 1.85. The average Bonchev–Trinajstić information content (AvgIpc) is 2.94. The molecule has 0 radical (unpaired) electrons. The fraction of sp³-hybridized carbons (Fsp3) is 0.0625. The van der Waals surface area contributed by atoms with E-state index in [1.165, 1.54) is 6.07 Å². The van der Waals surface area contributed by atoms with Gasteiger partial charge in [-0.25, -0.2) is 0 Å². The van der Waals surface area contributed by atoms with E-state index in [2.05, 4.69) is 4.98 Å². The van der Waals surface area contributed by atoms with E-state index in [1.54, 1.807) is 0 Å². The van der Waals surface area contributed by atoms with Crippen molar-refractivity contribution in [2.24, 2.45) is 0 Å². The zero-order chi connectivity index (χ0) is 13.5. The molecule has 0 aliphatic carbocycles. The van der Waals surface area contributed by atoms with Crippen molar-refractivity contribution >= 4 is 10.9 Å². The second-order valence-electron chi connectivity index (χ2n) is 4.69. The summed E-state index contributed by atoms with van der Waals surface area (Å²) in [6.45, 7) is 0.276. The summed E-state index contributed by atoms with van der Waals surface area (Å²) in [7, 11) is 0. The van der Waals surface area contributed by atoms with E-state index >= 15 is 0 Å². The highest BCUT2D eigenvalue weighted by molar-refractivity contribution is 5.84. The average molecular weight is 265 g/mol. The number of hydrogen-bond donors (Lipinski definition) is 1. The number of fused-ring (bicyclic) bond motifs is 2. The molecule has 1 N–H and O–H groups in total. The number of nitrogens with one attached hydrogen (secondary N) is 1. The van der Waals surface area contributed by atoms with Gasteiger partial charge in [0.05, 0.1) is 0 Å². The molecule has 0 atom stereocenters. The standard InChI is InChI=1S/C16H11NO3/c18-16-6-3-12-7-10(1-4-13(12)17-16)11-2-5-14-15(8-11)20-9-19-14/h1-8H,9H2,(H,17,18). The molecule has 3 aromatic rings. The van der Waals surface area contributed by atoms with Crippen LogP contribution in [0, 0.1) is 0 Å². The third kappa shape index (κ3) is 1.73. The number of H-pyrrole nitrogens is 1. The summed E-state index contributed by atoms with van der Waals surface area (Å²) >= 11 is 0. The molecular formula is C16H11NO3. The number of pyridine rings is 1. The number of aromatic nitrogens is 1. The van der Waals surface area contributed by atoms with E-state index in [1.807, 2.05) is 42.5 Å². The lowest BCUT2D eigenvalue weighted by Gasteiger charge is -2.05. The van der Waals surface area contributed by atoms with Crippen LogP contribution in [0.25, 0.3) is 22.0 Å². The summed E-state index contributed by atoms with van der Waals surface area (Å²) in [4.78, 5) is 14.1. The summed E-state index contributed by atoms with van der Waals surface area (Å²) in [6, 6.07) is 15.2. The Bertz CT molecular complexity index is 867. The van der Waals surface area contributed by atoms with Crippen molar-refractivity contribution in [3.05, 3.63) is 58.9 Å². The molecular weight excluding hydrogens is 254 g/mol. The number of ether oxygens (including phenoxy) is 2. The molecule has 0 unspecified atom stereocenters. The molecule has 0 fully saturated rings. The second-order valence-corrected chi connectivity index (χ2v) is 4.69. The fourth-order valence-corrected chi connectivity index (χ4v) is 2.41. The van der Waals surface area contributed by atoms with Gasteiger partial charge in [-0.1, -0.05) is 12.1 Å². The zero-order valence-electron chi connectivity index (χ0n) is 10.6. The van der Waals surface area contributed by atoms with Crippen molar-refractivity contribution in [3.8, 4) is 22.6 Å². The van der Waals surface area contributed by atoms with Crippen LogP contribution in [0.15, 0.2) is 53.3 Å². The molecule has 0 saturated carbocycles. The molecule has 0 spiro atoms. The van der Waals surface area contributed by atoms with Crippen LogP contribution in [0.4, 0.5) is 0 Å². The largest absolute Gasteiger partial charge is 0.454 e. The van der Waals surface area contributed by atoms with Crippen molar-refractivity contribution in [3.63, 3.8) is 0 Å². The fourth-order valence-electron chi connectivity index (χ4n) is 2.41. The van der Waals surface area contributed by atoms with E-state index in [4.69, 9.17) is 9.47 Å². The summed E-state index contributed by atoms with van der Waals surface area (Å²) in [5.41, 5.74) is 2.88. The molecule has 98 valence electrons. The number of aromatic amines is 1. The molecule has 1 aliphatic heterocycles. The first kappa shape index (κ1) is 11.1. The summed E-state index contributed by atoms with van der Waals surface area (Å²) in [6.07, 6.45) is 0. The van der Waals surface area contributed by atoms with Gasteiger partial charge >= 0.3 is 0 Å². The third-order valence-electron chi connectivity index (χ3n) is 3.43. The van der Waals surface area contributed by atoms with E-state index in [-0.39, 0.29) is 12.4 Å². The predicted octanol–water partition coefficient (Wildman–Crippen LogP) is 2.92. The van der Waals surface area contributed by atoms with Gasteiger partial charge in [-0.15, -0.1) is 0 Å². The van der Waals surface area contributed by atoms with E-state index in [9.17, 15) is 4.79 Å². The maximum absolute atomic E-state index is 11.3. The molecule has 4 heteroatoms. The minimum absolute atomic E-state index is 0.0895. The Morgan fingerprint density at radius 1 is 0.850 bits per heavy atom. The Kier molecular flexibility index (Phi) is 2.29. The van der Waals surface area contributed by atoms with Crippen molar-refractivity contribution in [1.29, 1.82) is 0 Å². The van der Waals surface area contributed by atoms with Crippen molar-refractivity contribution in [1.82, 2.24) is 4.98 Å². The molecule has 1 aromatic heterocycles. The summed E-state index contributed by atoms with van der Waals surface area (Å²) in [5, 5.41) is 1.000. The van der Waals surface area contributed by atoms with E-state index < -0.39 is 0 Å². The van der Waals surface area contributed by atoms with Gasteiger partial charge in [0.2, 0.25) is 12.4 Å². The van der Waals surface area contributed by atoms with Gasteiger partial charge < -0.3 is 14.5 Å². The van der Waals surface area contributed by atoms with Gasteiger partial charge in [0.25, 0.3) is 0 Å². The third-order valence-corrected chi connectivity index (χ3v) is 3.43. The van der Waals surface area contributed by atoms with Crippen molar-refractivity contribution in [2.45, 2.75) is 0 Å². The number of benzene rings is 2. The quantitative estimate of drug-likeness (QED) is 0.736. The maximum Gasteiger partial charge on any atom is 0.248 e. The van der Waals surface area contributed by atoms with Crippen LogP contribution in [0.2, 0.25) is 0 Å². The second kappa shape index (κ2) is 4.13. The van der Waals surface area contributed by atoms with Crippen molar-refractivity contribution < 1.29 is 9.47 Å². The highest BCUT2D eigenvalue weighted by Crippen LogP contribution is 2.36. The molecule has 0 bridgehead atoms. The van der Waals surface area contributed by atoms with E-state index in [0.717, 1.165) is 33.5 Å². The van der Waals surface area contributed by atoms with Crippen LogP contribution in [0.1, 0.15) is 0 Å². The van der Waals surface area contributed by atoms with Crippen LogP contribution in [0.3, 0.4) is 0 Å². The lowest BCUT2D eigenvalue weighted by molar-refractivity contribution is 0.174. The zero-order valence-corrected chi connectivity index (χ0v) is 10.6. The van der Waals surface area contributed by atoms with Crippen molar-refractivity contribution in [2.75, 3.05) is 6.79 Å². The first-order valence-electron chi connectivity index (χ1n) is 6.33. The number of hydrogen-bond acceptors (Lipinski definition) is 3. The highest BCUT2D eigenvalue weighted by atomic mass is 16.7. The lowest BCUT2D eigenvalue weighted by Crippen LogP contribution is -2.01. The Labute approximate surface area is 114 Å². The first-order valence-corrected chi connectivity index (χ1v) is 6.33. The minimum atomic E-state index is -0.0895. The molecule has 2 heterocycles. The normalized spacial score (nSPS) is 12.8. The molecule has 4 rings (SSSR count). The summed E-state index contributed by atoms with van der Waals surface area (Å²) in [5.74, 6) is 1.54. The monoisotopic (exact) mass is 265 g/mol. The molecule has 1 aliphatic rings. The minimum Gasteiger partial charge on any atom is -0.454 e. The van der Waals surface area contributed by atoms with Gasteiger partial charge in [0, 0.05) is 11.6 Å². The van der Waals surface area contributed by atoms with Crippen LogP contribution in [-0.4, -0.2) is 11.8 Å². The summed E-state index contributed by atoms with van der Waals surface area (Å²) < 4.78 is 10.7. The Hall–Kier alpha value is -2.75. The Morgan fingerprint density at radius 3 is 2.60 bits per heavy atom. The molecule has 2 aromatic carbocycles.